The molecule has 0 bridgehead atoms. The topological polar surface area (TPSA) is 99.8 Å². The fourth-order valence-electron chi connectivity index (χ4n) is 2.61. The molecule has 0 amide bonds. The minimum atomic E-state index is -0.421. The first-order chi connectivity index (χ1) is 10.7. The molecule has 0 radical (unpaired) electrons. The molecule has 0 atom stereocenters. The van der Waals surface area contributed by atoms with Gasteiger partial charge in [-0.1, -0.05) is 5.16 Å². The van der Waals surface area contributed by atoms with Gasteiger partial charge in [0.1, 0.15) is 4.83 Å². The van der Waals surface area contributed by atoms with Crippen LogP contribution in [0.15, 0.2) is 27.1 Å². The van der Waals surface area contributed by atoms with Gasteiger partial charge in [0, 0.05) is 13.0 Å². The lowest BCUT2D eigenvalue weighted by atomic mass is 9.77. The third-order valence-electron chi connectivity index (χ3n) is 4.18. The Labute approximate surface area is 141 Å². The SMILES string of the molecule is Cl.NC1(c2noc(CCn3cnc4sccc4c3=O)n2)CCC1. The third kappa shape index (κ3) is 2.77. The van der Waals surface area contributed by atoms with E-state index in [1.807, 2.05) is 5.38 Å². The minimum absolute atomic E-state index is 0. The lowest BCUT2D eigenvalue weighted by molar-refractivity contribution is 0.229. The predicted octanol–water partition coefficient (Wildman–Crippen LogP) is 1.84. The van der Waals surface area contributed by atoms with Crippen LogP contribution in [-0.4, -0.2) is 19.7 Å². The molecule has 0 spiro atoms. The number of hydrogen-bond acceptors (Lipinski definition) is 7. The summed E-state index contributed by atoms with van der Waals surface area (Å²) >= 11 is 1.46. The molecule has 0 aliphatic heterocycles. The zero-order chi connectivity index (χ0) is 15.2. The van der Waals surface area contributed by atoms with Crippen LogP contribution in [0.1, 0.15) is 31.0 Å². The highest BCUT2D eigenvalue weighted by molar-refractivity contribution is 7.16. The molecule has 1 fully saturated rings. The summed E-state index contributed by atoms with van der Waals surface area (Å²) in [6.07, 6.45) is 4.94. The van der Waals surface area contributed by atoms with Crippen molar-refractivity contribution in [1.29, 1.82) is 0 Å². The van der Waals surface area contributed by atoms with E-state index in [-0.39, 0.29) is 18.0 Å². The zero-order valence-electron chi connectivity index (χ0n) is 12.3. The highest BCUT2D eigenvalue weighted by Gasteiger charge is 2.38. The van der Waals surface area contributed by atoms with Gasteiger partial charge in [-0.05, 0) is 30.7 Å². The molecule has 4 rings (SSSR count). The Morgan fingerprint density at radius 2 is 2.26 bits per heavy atom. The number of hydrogen-bond donors (Lipinski definition) is 1. The molecule has 7 nitrogen and oxygen atoms in total. The van der Waals surface area contributed by atoms with Crippen molar-refractivity contribution in [2.24, 2.45) is 5.73 Å². The minimum Gasteiger partial charge on any atom is -0.339 e. The van der Waals surface area contributed by atoms with Crippen LogP contribution in [0.25, 0.3) is 10.2 Å². The van der Waals surface area contributed by atoms with Crippen molar-refractivity contribution >= 4 is 34.0 Å². The first-order valence-electron chi connectivity index (χ1n) is 7.20. The summed E-state index contributed by atoms with van der Waals surface area (Å²) in [5, 5.41) is 6.49. The van der Waals surface area contributed by atoms with E-state index in [0.29, 0.717) is 30.1 Å². The van der Waals surface area contributed by atoms with Crippen molar-refractivity contribution in [3.8, 4) is 0 Å². The summed E-state index contributed by atoms with van der Waals surface area (Å²) in [6.45, 7) is 0.455. The summed E-state index contributed by atoms with van der Waals surface area (Å²) in [5.74, 6) is 1.08. The smallest absolute Gasteiger partial charge is 0.262 e. The van der Waals surface area contributed by atoms with Gasteiger partial charge in [-0.15, -0.1) is 23.7 Å². The van der Waals surface area contributed by atoms with Crippen LogP contribution in [0.4, 0.5) is 0 Å². The van der Waals surface area contributed by atoms with E-state index in [0.717, 1.165) is 24.1 Å². The van der Waals surface area contributed by atoms with Crippen molar-refractivity contribution in [3.63, 3.8) is 0 Å². The molecule has 0 saturated heterocycles. The van der Waals surface area contributed by atoms with E-state index < -0.39 is 5.54 Å². The first-order valence-corrected chi connectivity index (χ1v) is 8.08. The second kappa shape index (κ2) is 6.03. The van der Waals surface area contributed by atoms with Gasteiger partial charge in [0.05, 0.1) is 17.3 Å². The standard InChI is InChI=1S/C14H15N5O2S.ClH/c15-14(4-1-5-14)13-17-10(21-18-13)2-6-19-8-16-11-9(12(19)20)3-7-22-11;/h3,7-8H,1-2,4-6,15H2;1H. The van der Waals surface area contributed by atoms with Crippen LogP contribution in [0, 0.1) is 0 Å². The fraction of sp³-hybridized carbons (Fsp3) is 0.429. The molecule has 122 valence electrons. The van der Waals surface area contributed by atoms with Gasteiger partial charge in [-0.25, -0.2) is 4.98 Å². The number of halogens is 1. The predicted molar refractivity (Wildman–Crippen MR) is 88.8 cm³/mol. The van der Waals surface area contributed by atoms with Crippen LogP contribution >= 0.6 is 23.7 Å². The first kappa shape index (κ1) is 16.1. The molecule has 2 N–H and O–H groups in total. The van der Waals surface area contributed by atoms with Crippen molar-refractivity contribution in [2.45, 2.75) is 37.8 Å². The van der Waals surface area contributed by atoms with Crippen LogP contribution in [0.2, 0.25) is 0 Å². The number of aromatic nitrogens is 4. The van der Waals surface area contributed by atoms with Gasteiger partial charge < -0.3 is 10.3 Å². The maximum atomic E-state index is 12.3. The van der Waals surface area contributed by atoms with Crippen LogP contribution < -0.4 is 11.3 Å². The van der Waals surface area contributed by atoms with Crippen molar-refractivity contribution in [2.75, 3.05) is 0 Å². The Morgan fingerprint density at radius 3 is 3.00 bits per heavy atom. The lowest BCUT2D eigenvalue weighted by Gasteiger charge is -2.34. The number of fused-ring (bicyclic) bond motifs is 1. The maximum Gasteiger partial charge on any atom is 0.262 e. The molecule has 23 heavy (non-hydrogen) atoms. The normalized spacial score (nSPS) is 16.0. The Kier molecular flexibility index (Phi) is 4.22. The lowest BCUT2D eigenvalue weighted by Crippen LogP contribution is -2.44. The Hall–Kier alpha value is -1.77. The average molecular weight is 354 g/mol. The van der Waals surface area contributed by atoms with Crippen molar-refractivity contribution < 1.29 is 4.52 Å². The number of thiophene rings is 1. The molecule has 1 saturated carbocycles. The fourth-order valence-corrected chi connectivity index (χ4v) is 3.33. The Balaban J connectivity index is 0.00000156. The molecule has 3 aromatic rings. The van der Waals surface area contributed by atoms with E-state index in [4.69, 9.17) is 10.3 Å². The Bertz CT molecular complexity index is 883. The van der Waals surface area contributed by atoms with E-state index in [2.05, 4.69) is 15.1 Å². The van der Waals surface area contributed by atoms with E-state index in [9.17, 15) is 4.79 Å². The number of nitrogens with two attached hydrogens (primary N) is 1. The summed E-state index contributed by atoms with van der Waals surface area (Å²) < 4.78 is 6.82. The molecular weight excluding hydrogens is 338 g/mol. The maximum absolute atomic E-state index is 12.3. The van der Waals surface area contributed by atoms with Crippen LogP contribution in [0.3, 0.4) is 0 Å². The molecule has 0 aromatic carbocycles. The highest BCUT2D eigenvalue weighted by atomic mass is 35.5. The largest absolute Gasteiger partial charge is 0.339 e. The van der Waals surface area contributed by atoms with Crippen LogP contribution in [0.5, 0.6) is 0 Å². The average Bonchev–Trinajstić information content (AvgIpc) is 3.13. The monoisotopic (exact) mass is 353 g/mol. The van der Waals surface area contributed by atoms with Gasteiger partial charge in [0.2, 0.25) is 5.89 Å². The van der Waals surface area contributed by atoms with Gasteiger partial charge in [0.25, 0.3) is 5.56 Å². The van der Waals surface area contributed by atoms with E-state index in [1.54, 1.807) is 17.0 Å². The summed E-state index contributed by atoms with van der Waals surface area (Å²) in [4.78, 5) is 21.7. The molecule has 1 aliphatic rings. The van der Waals surface area contributed by atoms with Crippen molar-refractivity contribution in [3.05, 3.63) is 39.8 Å². The molecule has 1 aliphatic carbocycles. The van der Waals surface area contributed by atoms with Gasteiger partial charge in [-0.2, -0.15) is 4.98 Å². The van der Waals surface area contributed by atoms with Gasteiger partial charge in [0.15, 0.2) is 5.82 Å². The number of nitrogens with zero attached hydrogens (tertiary/aromatic N) is 4. The third-order valence-corrected chi connectivity index (χ3v) is 5.00. The van der Waals surface area contributed by atoms with Crippen LogP contribution in [-0.2, 0) is 18.5 Å². The second-order valence-corrected chi connectivity index (χ2v) is 6.55. The summed E-state index contributed by atoms with van der Waals surface area (Å²) in [5.41, 5.74) is 5.71. The summed E-state index contributed by atoms with van der Waals surface area (Å²) in [6, 6.07) is 1.80. The van der Waals surface area contributed by atoms with E-state index in [1.165, 1.54) is 11.3 Å². The van der Waals surface area contributed by atoms with E-state index >= 15 is 0 Å². The number of rotatable bonds is 4. The molecular formula is C14H16ClN5O2S. The molecule has 3 heterocycles. The highest BCUT2D eigenvalue weighted by Crippen LogP contribution is 2.36. The second-order valence-electron chi connectivity index (χ2n) is 5.65. The van der Waals surface area contributed by atoms with Gasteiger partial charge >= 0.3 is 0 Å². The zero-order valence-corrected chi connectivity index (χ0v) is 13.9. The molecule has 9 heteroatoms. The van der Waals surface area contributed by atoms with Crippen molar-refractivity contribution in [1.82, 2.24) is 19.7 Å². The molecule has 3 aromatic heterocycles. The van der Waals surface area contributed by atoms with Gasteiger partial charge in [-0.3, -0.25) is 9.36 Å². The quantitative estimate of drug-likeness (QED) is 0.768. The summed E-state index contributed by atoms with van der Waals surface area (Å²) in [7, 11) is 0. The Morgan fingerprint density at radius 1 is 1.43 bits per heavy atom. The number of aryl methyl sites for hydroxylation is 2. The molecule has 0 unspecified atom stereocenters.